The largest absolute Gasteiger partial charge is 0.396 e. The van der Waals surface area contributed by atoms with Crippen LogP contribution in [0.5, 0.6) is 0 Å². The molecule has 4 heteroatoms. The lowest BCUT2D eigenvalue weighted by atomic mass is 9.44. The molecule has 4 N–H and O–H groups in total. The van der Waals surface area contributed by atoms with Gasteiger partial charge in [0, 0.05) is 12.0 Å². The zero-order valence-corrected chi connectivity index (χ0v) is 15.3. The van der Waals surface area contributed by atoms with Gasteiger partial charge < -0.3 is 20.4 Å². The molecule has 138 valence electrons. The van der Waals surface area contributed by atoms with Crippen molar-refractivity contribution >= 4 is 0 Å². The maximum absolute atomic E-state index is 10.5. The van der Waals surface area contributed by atoms with Gasteiger partial charge in [-0.05, 0) is 61.2 Å². The Morgan fingerprint density at radius 3 is 2.50 bits per heavy atom. The second-order valence-electron chi connectivity index (χ2n) is 9.49. The molecule has 0 spiro atoms. The summed E-state index contributed by atoms with van der Waals surface area (Å²) in [7, 11) is 0. The molecule has 7 atom stereocenters. The van der Waals surface area contributed by atoms with Gasteiger partial charge in [0.2, 0.25) is 0 Å². The fourth-order valence-corrected chi connectivity index (χ4v) is 6.46. The van der Waals surface area contributed by atoms with E-state index in [0.717, 1.165) is 32.1 Å². The molecule has 1 unspecified atom stereocenters. The molecule has 0 aliphatic heterocycles. The number of hydrogen-bond acceptors (Lipinski definition) is 4. The predicted octanol–water partition coefficient (Wildman–Crippen LogP) is 2.25. The van der Waals surface area contributed by atoms with E-state index < -0.39 is 6.10 Å². The van der Waals surface area contributed by atoms with Gasteiger partial charge >= 0.3 is 0 Å². The van der Waals surface area contributed by atoms with Gasteiger partial charge in [0.1, 0.15) is 0 Å². The summed E-state index contributed by atoms with van der Waals surface area (Å²) in [5.41, 5.74) is 0.843. The van der Waals surface area contributed by atoms with Crippen molar-refractivity contribution in [1.82, 2.24) is 0 Å². The molecule has 0 radical (unpaired) electrons. The second-order valence-corrected chi connectivity index (χ2v) is 9.49. The first-order valence-electron chi connectivity index (χ1n) is 9.48. The Balaban J connectivity index is 1.95. The van der Waals surface area contributed by atoms with Crippen molar-refractivity contribution in [2.45, 2.75) is 71.5 Å². The minimum Gasteiger partial charge on any atom is -0.396 e. The molecule has 0 amide bonds. The maximum atomic E-state index is 10.5. The average molecular weight is 338 g/mol. The first kappa shape index (κ1) is 18.4. The first-order valence-corrected chi connectivity index (χ1v) is 9.48. The first-order chi connectivity index (χ1) is 11.2. The number of aliphatic hydroxyl groups is 4. The molecular formula is C20H34O4. The van der Waals surface area contributed by atoms with Crippen molar-refractivity contribution in [2.24, 2.45) is 28.1 Å². The highest BCUT2D eigenvalue weighted by Gasteiger charge is 2.57. The van der Waals surface area contributed by atoms with Crippen LogP contribution in [0.25, 0.3) is 0 Å². The molecule has 2 fully saturated rings. The van der Waals surface area contributed by atoms with E-state index >= 15 is 0 Å². The van der Waals surface area contributed by atoms with Crippen LogP contribution in [0, 0.1) is 28.1 Å². The third-order valence-corrected chi connectivity index (χ3v) is 7.76. The van der Waals surface area contributed by atoms with Crippen molar-refractivity contribution in [2.75, 3.05) is 13.2 Å². The smallest absolute Gasteiger partial charge is 0.0858 e. The van der Waals surface area contributed by atoms with Gasteiger partial charge in [-0.1, -0.05) is 32.4 Å². The molecule has 0 aromatic rings. The van der Waals surface area contributed by atoms with Gasteiger partial charge in [-0.3, -0.25) is 0 Å². The summed E-state index contributed by atoms with van der Waals surface area (Å²) in [6.45, 7) is 6.41. The van der Waals surface area contributed by atoms with Gasteiger partial charge in [0.15, 0.2) is 0 Å². The Bertz CT molecular complexity index is 518. The minimum atomic E-state index is -0.712. The molecule has 0 saturated heterocycles. The van der Waals surface area contributed by atoms with Crippen LogP contribution < -0.4 is 0 Å². The van der Waals surface area contributed by atoms with Crippen molar-refractivity contribution in [3.8, 4) is 0 Å². The van der Waals surface area contributed by atoms with E-state index in [1.165, 1.54) is 5.57 Å². The molecule has 0 aromatic heterocycles. The number of rotatable bonds is 3. The Morgan fingerprint density at radius 2 is 1.88 bits per heavy atom. The number of fused-ring (bicyclic) bond motifs is 3. The highest BCUT2D eigenvalue weighted by molar-refractivity contribution is 5.25. The molecule has 0 aromatic carbocycles. The van der Waals surface area contributed by atoms with E-state index in [1.807, 2.05) is 6.92 Å². The third kappa shape index (κ3) is 2.66. The number of allylic oxidation sites excluding steroid dienone is 1. The SMILES string of the molecule is C[C@@]1(CO)C[C@@H](O)C[C@@]2(C)[C@@H]3CC[C@](C)(C(O)CO)C=C3CC[C@H]12. The molecule has 0 bridgehead atoms. The van der Waals surface area contributed by atoms with Crippen molar-refractivity contribution in [3.63, 3.8) is 0 Å². The van der Waals surface area contributed by atoms with Crippen LogP contribution in [-0.2, 0) is 0 Å². The van der Waals surface area contributed by atoms with Crippen LogP contribution in [0.4, 0.5) is 0 Å². The Kier molecular flexibility index (Phi) is 4.66. The summed E-state index contributed by atoms with van der Waals surface area (Å²) in [6, 6.07) is 0. The summed E-state index contributed by atoms with van der Waals surface area (Å²) in [6.07, 6.45) is 6.54. The second kappa shape index (κ2) is 6.08. The molecule has 3 aliphatic rings. The van der Waals surface area contributed by atoms with Gasteiger partial charge in [-0.15, -0.1) is 0 Å². The van der Waals surface area contributed by atoms with E-state index in [9.17, 15) is 20.4 Å². The summed E-state index contributed by atoms with van der Waals surface area (Å²) in [5, 5.41) is 40.1. The zero-order chi connectivity index (χ0) is 17.8. The Morgan fingerprint density at radius 1 is 1.17 bits per heavy atom. The number of hydrogen-bond donors (Lipinski definition) is 4. The lowest BCUT2D eigenvalue weighted by Gasteiger charge is -2.61. The van der Waals surface area contributed by atoms with Crippen LogP contribution >= 0.6 is 0 Å². The standard InChI is InChI=1S/C20H34O4/c1-18(17(24)11-21)7-6-15-13(8-18)4-5-16-19(2,12-22)9-14(23)10-20(15,16)3/h8,14-17,21-24H,4-7,9-12H2,1-3H3/t14-,15-,16-,17?,18+,19+,20+/m1/s1. The normalized spacial score (nSPS) is 49.8. The Labute approximate surface area is 145 Å². The molecule has 2 saturated carbocycles. The molecule has 3 aliphatic carbocycles. The summed E-state index contributed by atoms with van der Waals surface area (Å²) >= 11 is 0. The van der Waals surface area contributed by atoms with Crippen molar-refractivity contribution in [1.29, 1.82) is 0 Å². The van der Waals surface area contributed by atoms with E-state index in [0.29, 0.717) is 18.3 Å². The van der Waals surface area contributed by atoms with Crippen LogP contribution in [0.2, 0.25) is 0 Å². The number of aliphatic hydroxyl groups excluding tert-OH is 4. The highest BCUT2D eigenvalue weighted by Crippen LogP contribution is 2.63. The fraction of sp³-hybridized carbons (Fsp3) is 0.900. The maximum Gasteiger partial charge on any atom is 0.0858 e. The van der Waals surface area contributed by atoms with Gasteiger partial charge in [-0.25, -0.2) is 0 Å². The monoisotopic (exact) mass is 338 g/mol. The quantitative estimate of drug-likeness (QED) is 0.595. The highest BCUT2D eigenvalue weighted by atomic mass is 16.3. The summed E-state index contributed by atoms with van der Waals surface area (Å²) in [5.74, 6) is 0.837. The zero-order valence-electron chi connectivity index (χ0n) is 15.3. The fourth-order valence-electron chi connectivity index (χ4n) is 6.46. The van der Waals surface area contributed by atoms with E-state index in [-0.39, 0.29) is 35.6 Å². The molecule has 0 heterocycles. The molecule has 3 rings (SSSR count). The van der Waals surface area contributed by atoms with Crippen molar-refractivity contribution in [3.05, 3.63) is 11.6 Å². The summed E-state index contributed by atoms with van der Waals surface area (Å²) < 4.78 is 0. The van der Waals surface area contributed by atoms with Gasteiger partial charge in [0.05, 0.1) is 18.8 Å². The van der Waals surface area contributed by atoms with E-state index in [1.54, 1.807) is 0 Å². The third-order valence-electron chi connectivity index (χ3n) is 7.76. The van der Waals surface area contributed by atoms with Crippen LogP contribution in [0.3, 0.4) is 0 Å². The molecule has 24 heavy (non-hydrogen) atoms. The lowest BCUT2D eigenvalue weighted by Crippen LogP contribution is -2.56. The van der Waals surface area contributed by atoms with E-state index in [4.69, 9.17) is 0 Å². The lowest BCUT2D eigenvalue weighted by molar-refractivity contribution is -0.134. The molecule has 4 nitrogen and oxygen atoms in total. The summed E-state index contributed by atoms with van der Waals surface area (Å²) in [4.78, 5) is 0. The Hall–Kier alpha value is -0.420. The molecular weight excluding hydrogens is 304 g/mol. The average Bonchev–Trinajstić information content (AvgIpc) is 2.52. The van der Waals surface area contributed by atoms with Crippen molar-refractivity contribution < 1.29 is 20.4 Å². The van der Waals surface area contributed by atoms with Crippen LogP contribution in [0.15, 0.2) is 11.6 Å². The van der Waals surface area contributed by atoms with E-state index in [2.05, 4.69) is 19.9 Å². The van der Waals surface area contributed by atoms with Gasteiger partial charge in [0.25, 0.3) is 0 Å². The van der Waals surface area contributed by atoms with Crippen LogP contribution in [-0.4, -0.2) is 45.8 Å². The minimum absolute atomic E-state index is 0.00469. The topological polar surface area (TPSA) is 80.9 Å². The van der Waals surface area contributed by atoms with Crippen LogP contribution in [0.1, 0.15) is 59.3 Å². The predicted molar refractivity (Wildman–Crippen MR) is 93.3 cm³/mol. The van der Waals surface area contributed by atoms with Gasteiger partial charge in [-0.2, -0.15) is 0 Å².